The first-order valence-electron chi connectivity index (χ1n) is 9.22. The zero-order valence-corrected chi connectivity index (χ0v) is 13.3. The molecule has 0 aliphatic heterocycles. The quantitative estimate of drug-likeness (QED) is 0.679. The molecule has 0 N–H and O–H groups in total. The van der Waals surface area contributed by atoms with Gasteiger partial charge in [0.1, 0.15) is 5.78 Å². The Hall–Kier alpha value is -0.400. The third kappa shape index (κ3) is 2.04. The number of fused-ring (bicyclic) bond motifs is 5. The fraction of sp³-hybridized carbons (Fsp3) is 0.947. The van der Waals surface area contributed by atoms with Crippen molar-refractivity contribution in [1.82, 2.24) is 0 Å². The molecule has 4 fully saturated rings. The van der Waals surface area contributed by atoms with Crippen LogP contribution in [0.25, 0.3) is 0 Å². The van der Waals surface area contributed by atoms with E-state index < -0.39 is 0 Å². The van der Waals surface area contributed by atoms with Crippen molar-refractivity contribution in [3.05, 3.63) is 0 Å². The average Bonchev–Trinajstić information content (AvgIpc) is 2.82. The van der Waals surface area contributed by atoms with E-state index >= 15 is 0 Å². The minimum atomic E-state index is -0.105. The monoisotopic (exact) mass is 292 g/mol. The zero-order chi connectivity index (χ0) is 14.6. The molecule has 7 unspecified atom stereocenters. The molecule has 0 aromatic heterocycles. The molecular weight excluding hydrogens is 263 g/mol. The summed E-state index contributed by atoms with van der Waals surface area (Å²) < 4.78 is 13.0. The maximum Gasteiger partial charge on any atom is 0.139 e. The number of carbonyl (C=O) groups is 1. The number of Topliss-reactive ketones (excluding diaryl/α,β-unsaturated/α-hetero) is 1. The smallest absolute Gasteiger partial charge is 0.139 e. The summed E-state index contributed by atoms with van der Waals surface area (Å²) in [5, 5.41) is 0. The van der Waals surface area contributed by atoms with E-state index in [1.807, 2.05) is 0 Å². The number of halogens is 1. The van der Waals surface area contributed by atoms with Crippen LogP contribution in [0.15, 0.2) is 0 Å². The molecule has 0 heterocycles. The average molecular weight is 292 g/mol. The predicted molar refractivity (Wildman–Crippen MR) is 81.6 cm³/mol. The number of carbonyl (C=O) groups excluding carboxylic acids is 1. The first-order valence-corrected chi connectivity index (χ1v) is 9.22. The molecule has 4 saturated carbocycles. The molecule has 0 saturated heterocycles. The van der Waals surface area contributed by atoms with Gasteiger partial charge >= 0.3 is 0 Å². The van der Waals surface area contributed by atoms with Crippen LogP contribution in [0.5, 0.6) is 0 Å². The zero-order valence-electron chi connectivity index (χ0n) is 13.3. The number of hydrogen-bond acceptors (Lipinski definition) is 1. The van der Waals surface area contributed by atoms with E-state index in [4.69, 9.17) is 0 Å². The summed E-state index contributed by atoms with van der Waals surface area (Å²) in [7, 11) is 0. The van der Waals surface area contributed by atoms with Crippen molar-refractivity contribution in [3.63, 3.8) is 0 Å². The van der Waals surface area contributed by atoms with Gasteiger partial charge in [-0.15, -0.1) is 0 Å². The molecule has 0 radical (unpaired) electrons. The largest absolute Gasteiger partial charge is 0.299 e. The Morgan fingerprint density at radius 3 is 2.67 bits per heavy atom. The van der Waals surface area contributed by atoms with Gasteiger partial charge in [-0.2, -0.15) is 0 Å². The lowest BCUT2D eigenvalue weighted by atomic mass is 9.50. The van der Waals surface area contributed by atoms with Gasteiger partial charge in [-0.25, -0.2) is 0 Å². The second-order valence-corrected chi connectivity index (χ2v) is 8.69. The Kier molecular flexibility index (Phi) is 3.42. The minimum absolute atomic E-state index is 0.0180. The van der Waals surface area contributed by atoms with Crippen molar-refractivity contribution in [2.24, 2.45) is 40.9 Å². The highest BCUT2D eigenvalue weighted by Crippen LogP contribution is 2.61. The van der Waals surface area contributed by atoms with Gasteiger partial charge in [0, 0.05) is 11.8 Å². The lowest BCUT2D eigenvalue weighted by Gasteiger charge is -2.54. The van der Waals surface area contributed by atoms with Crippen molar-refractivity contribution >= 4 is 5.78 Å². The summed E-state index contributed by atoms with van der Waals surface area (Å²) in [6.07, 6.45) is 10.5. The van der Waals surface area contributed by atoms with Crippen LogP contribution in [0.3, 0.4) is 0 Å². The van der Waals surface area contributed by atoms with Crippen molar-refractivity contribution in [2.45, 2.75) is 64.7 Å². The molecule has 0 amide bonds. The number of rotatable bonds is 1. The highest BCUT2D eigenvalue weighted by atomic mass is 19.1. The second kappa shape index (κ2) is 5.06. The first-order chi connectivity index (χ1) is 10.1. The van der Waals surface area contributed by atoms with Crippen molar-refractivity contribution in [1.29, 1.82) is 0 Å². The van der Waals surface area contributed by atoms with E-state index in [9.17, 15) is 9.18 Å². The molecule has 4 aliphatic carbocycles. The molecule has 2 heteroatoms. The lowest BCUT2D eigenvalue weighted by Crippen LogP contribution is -2.48. The van der Waals surface area contributed by atoms with Gasteiger partial charge < -0.3 is 0 Å². The molecular formula is C19H29FO. The highest BCUT2D eigenvalue weighted by molar-refractivity contribution is 5.87. The van der Waals surface area contributed by atoms with E-state index in [0.717, 1.165) is 55.8 Å². The molecule has 7 atom stereocenters. The molecule has 118 valence electrons. The number of hydrogen-bond donors (Lipinski definition) is 0. The van der Waals surface area contributed by atoms with E-state index in [2.05, 4.69) is 6.92 Å². The van der Waals surface area contributed by atoms with Crippen LogP contribution in [0, 0.1) is 40.9 Å². The van der Waals surface area contributed by atoms with Crippen LogP contribution < -0.4 is 0 Å². The van der Waals surface area contributed by atoms with Gasteiger partial charge in [-0.1, -0.05) is 6.92 Å². The van der Waals surface area contributed by atoms with Crippen LogP contribution in [0.1, 0.15) is 64.7 Å². The molecule has 1 nitrogen and oxygen atoms in total. The highest BCUT2D eigenvalue weighted by Gasteiger charge is 2.56. The van der Waals surface area contributed by atoms with Gasteiger partial charge in [-0.3, -0.25) is 9.18 Å². The summed E-state index contributed by atoms with van der Waals surface area (Å²) in [6.45, 7) is 2.15. The summed E-state index contributed by atoms with van der Waals surface area (Å²) in [5.41, 5.74) is 0.0180. The van der Waals surface area contributed by atoms with Crippen molar-refractivity contribution in [2.75, 3.05) is 6.67 Å². The minimum Gasteiger partial charge on any atom is -0.299 e. The van der Waals surface area contributed by atoms with Crippen LogP contribution in [-0.2, 0) is 4.79 Å². The van der Waals surface area contributed by atoms with Crippen molar-refractivity contribution < 1.29 is 9.18 Å². The van der Waals surface area contributed by atoms with Crippen molar-refractivity contribution in [3.8, 4) is 0 Å². The van der Waals surface area contributed by atoms with E-state index in [0.29, 0.717) is 17.6 Å². The molecule has 0 bridgehead atoms. The second-order valence-electron chi connectivity index (χ2n) is 8.69. The number of ketones is 1. The van der Waals surface area contributed by atoms with E-state index in [1.165, 1.54) is 25.7 Å². The fourth-order valence-electron chi connectivity index (χ4n) is 6.86. The maximum absolute atomic E-state index is 13.0. The SMILES string of the molecule is CC12CCC3C4CCC(CF)CC4CCC3C1CCC2=O. The molecule has 0 spiro atoms. The third-order valence-corrected chi connectivity index (χ3v) is 7.99. The van der Waals surface area contributed by atoms with Gasteiger partial charge in [0.15, 0.2) is 0 Å². The Morgan fingerprint density at radius 1 is 1.05 bits per heavy atom. The van der Waals surface area contributed by atoms with Crippen LogP contribution in [-0.4, -0.2) is 12.5 Å². The molecule has 0 aromatic carbocycles. The Labute approximate surface area is 128 Å². The normalized spacial score (nSPS) is 53.0. The van der Waals surface area contributed by atoms with Gasteiger partial charge in [-0.05, 0) is 86.9 Å². The van der Waals surface area contributed by atoms with Crippen LogP contribution in [0.2, 0.25) is 0 Å². The van der Waals surface area contributed by atoms with Crippen LogP contribution >= 0.6 is 0 Å². The standard InChI is InChI=1S/C19H29FO/c1-19-9-8-15-14-4-2-12(11-20)10-13(14)3-5-16(15)17(19)6-7-18(19)21/h12-17H,2-11H2,1H3. The fourth-order valence-corrected chi connectivity index (χ4v) is 6.86. The number of alkyl halides is 1. The molecule has 4 rings (SSSR count). The Morgan fingerprint density at radius 2 is 1.86 bits per heavy atom. The van der Waals surface area contributed by atoms with Gasteiger partial charge in [0.05, 0.1) is 6.67 Å². The Bertz CT molecular complexity index is 433. The summed E-state index contributed by atoms with van der Waals surface area (Å²) in [6, 6.07) is 0. The first kappa shape index (κ1) is 14.2. The molecule has 0 aromatic rings. The molecule has 4 aliphatic rings. The van der Waals surface area contributed by atoms with Gasteiger partial charge in [0.2, 0.25) is 0 Å². The predicted octanol–water partition coefficient (Wildman–Crippen LogP) is 4.79. The van der Waals surface area contributed by atoms with E-state index in [-0.39, 0.29) is 12.1 Å². The third-order valence-electron chi connectivity index (χ3n) is 7.99. The lowest BCUT2D eigenvalue weighted by molar-refractivity contribution is -0.133. The summed E-state index contributed by atoms with van der Waals surface area (Å²) >= 11 is 0. The summed E-state index contributed by atoms with van der Waals surface area (Å²) in [5.74, 6) is 4.88. The van der Waals surface area contributed by atoms with E-state index in [1.54, 1.807) is 0 Å². The Balaban J connectivity index is 1.54. The van der Waals surface area contributed by atoms with Gasteiger partial charge in [0.25, 0.3) is 0 Å². The summed E-state index contributed by atoms with van der Waals surface area (Å²) in [4.78, 5) is 12.3. The molecule has 21 heavy (non-hydrogen) atoms. The van der Waals surface area contributed by atoms with Crippen LogP contribution in [0.4, 0.5) is 4.39 Å². The topological polar surface area (TPSA) is 17.1 Å². The maximum atomic E-state index is 13.0.